The van der Waals surface area contributed by atoms with Crippen molar-refractivity contribution in [1.82, 2.24) is 15.0 Å². The van der Waals surface area contributed by atoms with E-state index in [9.17, 15) is 0 Å². The minimum absolute atomic E-state index is 0.0491. The first-order valence-corrected chi connectivity index (χ1v) is 12.0. The van der Waals surface area contributed by atoms with Crippen molar-refractivity contribution in [2.24, 2.45) is 0 Å². The number of para-hydroxylation sites is 2. The fourth-order valence-corrected chi connectivity index (χ4v) is 4.25. The molecule has 4 aromatic rings. The SMILES string of the molecule is CCOc1ccccc1OC1CCCN(c2cncc(Nc3cc(-c4ccccc4)ccn3)n2)C1. The molecule has 1 atom stereocenters. The average Bonchev–Trinajstić information content (AvgIpc) is 2.91. The third-order valence-corrected chi connectivity index (χ3v) is 5.89. The summed E-state index contributed by atoms with van der Waals surface area (Å²) < 4.78 is 12.1. The van der Waals surface area contributed by atoms with E-state index in [0.29, 0.717) is 12.4 Å². The van der Waals surface area contributed by atoms with Gasteiger partial charge in [0, 0.05) is 12.7 Å². The van der Waals surface area contributed by atoms with Crippen LogP contribution in [0.4, 0.5) is 17.5 Å². The summed E-state index contributed by atoms with van der Waals surface area (Å²) in [6, 6.07) is 22.1. The molecular weight excluding hydrogens is 438 g/mol. The fraction of sp³-hybridized carbons (Fsp3) is 0.250. The van der Waals surface area contributed by atoms with Crippen LogP contribution in [0.3, 0.4) is 0 Å². The Kier molecular flexibility index (Phi) is 7.03. The summed E-state index contributed by atoms with van der Waals surface area (Å²) in [6.45, 7) is 4.23. The van der Waals surface area contributed by atoms with Gasteiger partial charge in [0.15, 0.2) is 17.3 Å². The number of aromatic nitrogens is 3. The summed E-state index contributed by atoms with van der Waals surface area (Å²) >= 11 is 0. The largest absolute Gasteiger partial charge is 0.490 e. The highest BCUT2D eigenvalue weighted by Crippen LogP contribution is 2.30. The zero-order chi connectivity index (χ0) is 23.9. The van der Waals surface area contributed by atoms with Crippen molar-refractivity contribution in [3.63, 3.8) is 0 Å². The normalized spacial score (nSPS) is 15.5. The summed E-state index contributed by atoms with van der Waals surface area (Å²) in [5, 5.41) is 3.31. The maximum Gasteiger partial charge on any atom is 0.161 e. The van der Waals surface area contributed by atoms with Crippen molar-refractivity contribution >= 4 is 17.5 Å². The van der Waals surface area contributed by atoms with Gasteiger partial charge in [-0.25, -0.2) is 9.97 Å². The summed E-state index contributed by atoms with van der Waals surface area (Å²) in [5.74, 6) is 3.77. The quantitative estimate of drug-likeness (QED) is 0.355. The van der Waals surface area contributed by atoms with Gasteiger partial charge < -0.3 is 19.7 Å². The molecule has 0 spiro atoms. The van der Waals surface area contributed by atoms with Gasteiger partial charge in [0.25, 0.3) is 0 Å². The van der Waals surface area contributed by atoms with Crippen molar-refractivity contribution in [2.45, 2.75) is 25.9 Å². The molecule has 7 heteroatoms. The third-order valence-electron chi connectivity index (χ3n) is 5.89. The minimum Gasteiger partial charge on any atom is -0.490 e. The molecule has 0 bridgehead atoms. The highest BCUT2D eigenvalue weighted by Gasteiger charge is 2.24. The highest BCUT2D eigenvalue weighted by atomic mass is 16.5. The smallest absolute Gasteiger partial charge is 0.161 e. The highest BCUT2D eigenvalue weighted by molar-refractivity contribution is 5.67. The summed E-state index contributed by atoms with van der Waals surface area (Å²) in [6.07, 6.45) is 7.37. The van der Waals surface area contributed by atoms with Gasteiger partial charge >= 0.3 is 0 Å². The van der Waals surface area contributed by atoms with Gasteiger partial charge in [0.2, 0.25) is 0 Å². The van der Waals surface area contributed by atoms with E-state index in [0.717, 1.165) is 60.2 Å². The van der Waals surface area contributed by atoms with E-state index < -0.39 is 0 Å². The van der Waals surface area contributed by atoms with Crippen LogP contribution in [-0.2, 0) is 0 Å². The van der Waals surface area contributed by atoms with Gasteiger partial charge in [-0.2, -0.15) is 0 Å². The third kappa shape index (κ3) is 5.69. The predicted octanol–water partition coefficient (Wildman–Crippen LogP) is 5.73. The van der Waals surface area contributed by atoms with Crippen LogP contribution >= 0.6 is 0 Å². The van der Waals surface area contributed by atoms with Crippen LogP contribution in [-0.4, -0.2) is 40.8 Å². The molecule has 7 nitrogen and oxygen atoms in total. The van der Waals surface area contributed by atoms with Crippen LogP contribution in [0.2, 0.25) is 0 Å². The molecule has 1 unspecified atom stereocenters. The molecule has 0 amide bonds. The molecule has 0 saturated carbocycles. The lowest BCUT2D eigenvalue weighted by molar-refractivity contribution is 0.170. The van der Waals surface area contributed by atoms with Gasteiger partial charge in [-0.3, -0.25) is 4.98 Å². The number of nitrogens with one attached hydrogen (secondary N) is 1. The molecule has 1 aliphatic heterocycles. The Labute approximate surface area is 205 Å². The van der Waals surface area contributed by atoms with Crippen LogP contribution in [0.1, 0.15) is 19.8 Å². The maximum atomic E-state index is 6.33. The van der Waals surface area contributed by atoms with E-state index in [1.807, 2.05) is 61.5 Å². The lowest BCUT2D eigenvalue weighted by Gasteiger charge is -2.33. The first-order chi connectivity index (χ1) is 17.3. The number of piperidine rings is 1. The lowest BCUT2D eigenvalue weighted by atomic mass is 10.1. The number of ether oxygens (including phenoxy) is 2. The first kappa shape index (κ1) is 22.7. The Hall–Kier alpha value is -4.13. The molecule has 2 aromatic heterocycles. The molecule has 0 radical (unpaired) electrons. The second kappa shape index (κ2) is 10.9. The summed E-state index contributed by atoms with van der Waals surface area (Å²) in [4.78, 5) is 15.9. The van der Waals surface area contributed by atoms with E-state index >= 15 is 0 Å². The lowest BCUT2D eigenvalue weighted by Crippen LogP contribution is -2.41. The van der Waals surface area contributed by atoms with Crippen LogP contribution in [0.5, 0.6) is 11.5 Å². The summed E-state index contributed by atoms with van der Waals surface area (Å²) in [7, 11) is 0. The van der Waals surface area contributed by atoms with Gasteiger partial charge in [-0.1, -0.05) is 42.5 Å². The number of hydrogen-bond donors (Lipinski definition) is 1. The van der Waals surface area contributed by atoms with Crippen molar-refractivity contribution in [2.75, 3.05) is 29.9 Å². The zero-order valence-corrected chi connectivity index (χ0v) is 19.8. The molecule has 5 rings (SSSR count). The van der Waals surface area contributed by atoms with E-state index in [2.05, 4.69) is 32.3 Å². The predicted molar refractivity (Wildman–Crippen MR) is 138 cm³/mol. The molecule has 1 N–H and O–H groups in total. The molecule has 3 heterocycles. The van der Waals surface area contributed by atoms with Gasteiger partial charge in [0.1, 0.15) is 17.7 Å². The molecule has 1 fully saturated rings. The van der Waals surface area contributed by atoms with E-state index in [1.165, 1.54) is 0 Å². The van der Waals surface area contributed by atoms with Crippen LogP contribution in [0.25, 0.3) is 11.1 Å². The van der Waals surface area contributed by atoms with Crippen molar-refractivity contribution in [3.8, 4) is 22.6 Å². The van der Waals surface area contributed by atoms with E-state index in [-0.39, 0.29) is 6.10 Å². The fourth-order valence-electron chi connectivity index (χ4n) is 4.25. The number of benzene rings is 2. The van der Waals surface area contributed by atoms with Crippen LogP contribution in [0.15, 0.2) is 85.3 Å². The van der Waals surface area contributed by atoms with Gasteiger partial charge in [-0.05, 0) is 55.2 Å². The molecule has 35 heavy (non-hydrogen) atoms. The number of anilines is 3. The van der Waals surface area contributed by atoms with Crippen molar-refractivity contribution < 1.29 is 9.47 Å². The minimum atomic E-state index is 0.0491. The zero-order valence-electron chi connectivity index (χ0n) is 19.8. The van der Waals surface area contributed by atoms with Crippen LogP contribution in [0, 0.1) is 0 Å². The second-order valence-electron chi connectivity index (χ2n) is 8.39. The molecule has 1 saturated heterocycles. The number of pyridine rings is 1. The number of rotatable bonds is 8. The Balaban J connectivity index is 1.28. The van der Waals surface area contributed by atoms with Gasteiger partial charge in [0.05, 0.1) is 25.5 Å². The van der Waals surface area contributed by atoms with Crippen molar-refractivity contribution in [3.05, 3.63) is 85.3 Å². The Bertz CT molecular complexity index is 1250. The Morgan fingerprint density at radius 1 is 0.943 bits per heavy atom. The van der Waals surface area contributed by atoms with Crippen molar-refractivity contribution in [1.29, 1.82) is 0 Å². The monoisotopic (exact) mass is 467 g/mol. The average molecular weight is 468 g/mol. The number of nitrogens with zero attached hydrogens (tertiary/aromatic N) is 4. The maximum absolute atomic E-state index is 6.33. The van der Waals surface area contributed by atoms with Crippen LogP contribution < -0.4 is 19.7 Å². The molecule has 178 valence electrons. The number of hydrogen-bond acceptors (Lipinski definition) is 7. The Morgan fingerprint density at radius 2 is 1.77 bits per heavy atom. The van der Waals surface area contributed by atoms with E-state index in [1.54, 1.807) is 18.6 Å². The van der Waals surface area contributed by atoms with E-state index in [4.69, 9.17) is 14.5 Å². The molecule has 2 aromatic carbocycles. The second-order valence-corrected chi connectivity index (χ2v) is 8.39. The molecule has 0 aliphatic carbocycles. The Morgan fingerprint density at radius 3 is 2.63 bits per heavy atom. The summed E-state index contributed by atoms with van der Waals surface area (Å²) in [5.41, 5.74) is 2.23. The standard InChI is InChI=1S/C28H29N5O2/c1-2-34-24-12-6-7-13-25(24)35-23-11-8-16-33(20-23)28-19-29-18-27(32-28)31-26-17-22(14-15-30-26)21-9-4-3-5-10-21/h3-7,9-10,12-15,17-19,23H,2,8,11,16,20H2,1H3,(H,30,31,32). The molecular formula is C28H29N5O2. The molecule has 1 aliphatic rings. The van der Waals surface area contributed by atoms with Gasteiger partial charge in [-0.15, -0.1) is 0 Å². The topological polar surface area (TPSA) is 72.4 Å². The first-order valence-electron chi connectivity index (χ1n) is 12.0.